The third kappa shape index (κ3) is 4.17. The molecular formula is C15H28N2O3. The summed E-state index contributed by atoms with van der Waals surface area (Å²) in [5, 5.41) is 6.38. The van der Waals surface area contributed by atoms with Gasteiger partial charge in [-0.25, -0.2) is 0 Å². The van der Waals surface area contributed by atoms with Crippen LogP contribution in [0.2, 0.25) is 0 Å². The van der Waals surface area contributed by atoms with Crippen molar-refractivity contribution >= 4 is 5.91 Å². The van der Waals surface area contributed by atoms with Crippen LogP contribution in [-0.4, -0.2) is 50.5 Å². The second kappa shape index (κ2) is 7.96. The van der Waals surface area contributed by atoms with Crippen molar-refractivity contribution in [2.24, 2.45) is 0 Å². The summed E-state index contributed by atoms with van der Waals surface area (Å²) in [6, 6.07) is 0. The Morgan fingerprint density at radius 3 is 3.05 bits per heavy atom. The molecule has 2 unspecified atom stereocenters. The Hall–Kier alpha value is -0.650. The number of hydrogen-bond donors (Lipinski definition) is 2. The van der Waals surface area contributed by atoms with E-state index in [0.717, 1.165) is 51.7 Å². The first-order valence-electron chi connectivity index (χ1n) is 7.99. The van der Waals surface area contributed by atoms with Crippen molar-refractivity contribution in [1.82, 2.24) is 10.6 Å². The number of ether oxygens (including phenoxy) is 2. The number of carbonyl (C=O) groups excluding carboxylic acids is 1. The van der Waals surface area contributed by atoms with E-state index in [2.05, 4.69) is 17.6 Å². The van der Waals surface area contributed by atoms with Gasteiger partial charge in [-0.05, 0) is 45.1 Å². The maximum Gasteiger partial charge on any atom is 0.240 e. The summed E-state index contributed by atoms with van der Waals surface area (Å²) in [6.45, 7) is 5.96. The molecular weight excluding hydrogens is 256 g/mol. The molecule has 116 valence electrons. The lowest BCUT2D eigenvalue weighted by atomic mass is 9.93. The molecule has 2 fully saturated rings. The summed E-state index contributed by atoms with van der Waals surface area (Å²) < 4.78 is 11.1. The normalized spacial score (nSPS) is 29.8. The van der Waals surface area contributed by atoms with Crippen molar-refractivity contribution in [3.8, 4) is 0 Å². The summed E-state index contributed by atoms with van der Waals surface area (Å²) in [5.41, 5.74) is -0.321. The molecule has 1 amide bonds. The fourth-order valence-electron chi connectivity index (χ4n) is 3.00. The largest absolute Gasteiger partial charge is 0.379 e. The highest BCUT2D eigenvalue weighted by Gasteiger charge is 2.38. The van der Waals surface area contributed by atoms with Crippen molar-refractivity contribution < 1.29 is 14.3 Å². The summed E-state index contributed by atoms with van der Waals surface area (Å²) in [5.74, 6) is 0.150. The lowest BCUT2D eigenvalue weighted by Gasteiger charge is -2.26. The molecule has 0 aliphatic carbocycles. The van der Waals surface area contributed by atoms with Crippen LogP contribution in [0.1, 0.15) is 45.4 Å². The topological polar surface area (TPSA) is 59.6 Å². The molecule has 20 heavy (non-hydrogen) atoms. The Morgan fingerprint density at radius 1 is 1.50 bits per heavy atom. The molecule has 0 radical (unpaired) electrons. The van der Waals surface area contributed by atoms with Crippen LogP contribution in [0.3, 0.4) is 0 Å². The molecule has 0 bridgehead atoms. The number of nitrogens with one attached hydrogen (secondary N) is 2. The first-order chi connectivity index (χ1) is 9.77. The average Bonchev–Trinajstić information content (AvgIpc) is 3.13. The minimum absolute atomic E-state index is 0.150. The monoisotopic (exact) mass is 284 g/mol. The Bertz CT molecular complexity index is 297. The van der Waals surface area contributed by atoms with E-state index in [9.17, 15) is 4.79 Å². The van der Waals surface area contributed by atoms with Gasteiger partial charge < -0.3 is 20.1 Å². The molecule has 0 spiro atoms. The standard InChI is InChI=1S/C15H28N2O3/c1-2-15(7-4-9-17-15)14(18)16-8-5-10-19-12-13-6-3-11-20-13/h13,17H,2-12H2,1H3,(H,16,18). The molecule has 2 rings (SSSR count). The van der Waals surface area contributed by atoms with E-state index in [1.165, 1.54) is 0 Å². The lowest BCUT2D eigenvalue weighted by Crippen LogP contribution is -2.53. The van der Waals surface area contributed by atoms with Gasteiger partial charge in [-0.15, -0.1) is 0 Å². The molecule has 0 aromatic rings. The third-order valence-electron chi connectivity index (χ3n) is 4.36. The predicted molar refractivity (Wildman–Crippen MR) is 77.7 cm³/mol. The van der Waals surface area contributed by atoms with Gasteiger partial charge in [-0.1, -0.05) is 6.92 Å². The molecule has 5 heteroatoms. The molecule has 2 heterocycles. The molecule has 0 saturated carbocycles. The molecule has 5 nitrogen and oxygen atoms in total. The van der Waals surface area contributed by atoms with Crippen LogP contribution in [0, 0.1) is 0 Å². The summed E-state index contributed by atoms with van der Waals surface area (Å²) in [7, 11) is 0. The van der Waals surface area contributed by atoms with Crippen molar-refractivity contribution in [3.63, 3.8) is 0 Å². The van der Waals surface area contributed by atoms with Crippen molar-refractivity contribution in [2.45, 2.75) is 57.1 Å². The highest BCUT2D eigenvalue weighted by atomic mass is 16.5. The highest BCUT2D eigenvalue weighted by Crippen LogP contribution is 2.22. The van der Waals surface area contributed by atoms with Crippen molar-refractivity contribution in [3.05, 3.63) is 0 Å². The summed E-state index contributed by atoms with van der Waals surface area (Å²) in [4.78, 5) is 12.2. The molecule has 0 aromatic heterocycles. The van der Waals surface area contributed by atoms with E-state index >= 15 is 0 Å². The van der Waals surface area contributed by atoms with Crippen LogP contribution in [0.15, 0.2) is 0 Å². The molecule has 2 N–H and O–H groups in total. The van der Waals surface area contributed by atoms with Gasteiger partial charge in [-0.2, -0.15) is 0 Å². The van der Waals surface area contributed by atoms with Gasteiger partial charge >= 0.3 is 0 Å². The van der Waals surface area contributed by atoms with Gasteiger partial charge in [0.25, 0.3) is 0 Å². The molecule has 0 aromatic carbocycles. The van der Waals surface area contributed by atoms with Crippen LogP contribution in [0.5, 0.6) is 0 Å². The molecule has 2 saturated heterocycles. The third-order valence-corrected chi connectivity index (χ3v) is 4.36. The van der Waals surface area contributed by atoms with Crippen LogP contribution >= 0.6 is 0 Å². The van der Waals surface area contributed by atoms with Crippen LogP contribution in [0.25, 0.3) is 0 Å². The Morgan fingerprint density at radius 2 is 2.40 bits per heavy atom. The van der Waals surface area contributed by atoms with Crippen LogP contribution in [-0.2, 0) is 14.3 Å². The van der Waals surface area contributed by atoms with E-state index in [1.54, 1.807) is 0 Å². The summed E-state index contributed by atoms with van der Waals surface area (Å²) >= 11 is 0. The second-order valence-corrected chi connectivity index (χ2v) is 5.79. The molecule has 2 aliphatic rings. The Balaban J connectivity index is 1.52. The average molecular weight is 284 g/mol. The maximum absolute atomic E-state index is 12.2. The Labute approximate surface area is 121 Å². The van der Waals surface area contributed by atoms with Crippen LogP contribution in [0.4, 0.5) is 0 Å². The van der Waals surface area contributed by atoms with E-state index in [-0.39, 0.29) is 17.6 Å². The van der Waals surface area contributed by atoms with Gasteiger partial charge in [0.1, 0.15) is 0 Å². The van der Waals surface area contributed by atoms with E-state index in [0.29, 0.717) is 19.8 Å². The first kappa shape index (κ1) is 15.7. The van der Waals surface area contributed by atoms with Gasteiger partial charge in [0, 0.05) is 19.8 Å². The number of hydrogen-bond acceptors (Lipinski definition) is 4. The predicted octanol–water partition coefficient (Wildman–Crippen LogP) is 1.22. The van der Waals surface area contributed by atoms with Crippen molar-refractivity contribution in [1.29, 1.82) is 0 Å². The van der Waals surface area contributed by atoms with E-state index < -0.39 is 0 Å². The highest BCUT2D eigenvalue weighted by molar-refractivity contribution is 5.86. The zero-order valence-corrected chi connectivity index (χ0v) is 12.6. The zero-order valence-electron chi connectivity index (χ0n) is 12.6. The SMILES string of the molecule is CCC1(C(=O)NCCCOCC2CCCO2)CCCN1. The Kier molecular flexibility index (Phi) is 6.26. The lowest BCUT2D eigenvalue weighted by molar-refractivity contribution is -0.127. The van der Waals surface area contributed by atoms with Gasteiger partial charge in [0.2, 0.25) is 5.91 Å². The number of carbonyl (C=O) groups is 1. The van der Waals surface area contributed by atoms with E-state index in [4.69, 9.17) is 9.47 Å². The smallest absolute Gasteiger partial charge is 0.240 e. The number of amides is 1. The summed E-state index contributed by atoms with van der Waals surface area (Å²) in [6.07, 6.45) is 6.30. The maximum atomic E-state index is 12.2. The zero-order chi connectivity index (χ0) is 14.3. The van der Waals surface area contributed by atoms with Gasteiger partial charge in [0.15, 0.2) is 0 Å². The molecule has 2 atom stereocenters. The minimum atomic E-state index is -0.321. The fraction of sp³-hybridized carbons (Fsp3) is 0.933. The molecule has 2 aliphatic heterocycles. The van der Waals surface area contributed by atoms with Crippen LogP contribution < -0.4 is 10.6 Å². The van der Waals surface area contributed by atoms with Gasteiger partial charge in [0.05, 0.1) is 18.2 Å². The minimum Gasteiger partial charge on any atom is -0.379 e. The first-order valence-corrected chi connectivity index (χ1v) is 7.99. The fourth-order valence-corrected chi connectivity index (χ4v) is 3.00. The quantitative estimate of drug-likeness (QED) is 0.658. The van der Waals surface area contributed by atoms with Crippen molar-refractivity contribution in [2.75, 3.05) is 32.9 Å². The van der Waals surface area contributed by atoms with Gasteiger partial charge in [-0.3, -0.25) is 4.79 Å². The van der Waals surface area contributed by atoms with E-state index in [1.807, 2.05) is 0 Å². The second-order valence-electron chi connectivity index (χ2n) is 5.79. The number of rotatable bonds is 8.